The molecule has 0 saturated carbocycles. The van der Waals surface area contributed by atoms with Gasteiger partial charge in [-0.1, -0.05) is 0 Å². The number of amides is 2. The summed E-state index contributed by atoms with van der Waals surface area (Å²) in [5, 5.41) is 4.82. The Labute approximate surface area is 132 Å². The quantitative estimate of drug-likeness (QED) is 0.873. The fourth-order valence-electron chi connectivity index (χ4n) is 1.86. The van der Waals surface area contributed by atoms with Crippen LogP contribution < -0.4 is 5.32 Å². The van der Waals surface area contributed by atoms with Crippen LogP contribution in [-0.2, 0) is 11.2 Å². The molecule has 0 aliphatic carbocycles. The number of nitrogens with zero attached hydrogens (tertiary/aromatic N) is 4. The van der Waals surface area contributed by atoms with Crippen LogP contribution in [0.25, 0.3) is 0 Å². The molecule has 2 rings (SSSR count). The van der Waals surface area contributed by atoms with E-state index < -0.39 is 5.91 Å². The summed E-state index contributed by atoms with van der Waals surface area (Å²) in [5.74, 6) is -0.311. The molecule has 0 bridgehead atoms. The monoisotopic (exact) mass is 319 g/mol. The summed E-state index contributed by atoms with van der Waals surface area (Å²) in [6.45, 7) is 5.23. The lowest BCUT2D eigenvalue weighted by Gasteiger charge is -2.17. The smallest absolute Gasteiger partial charge is 0.295 e. The van der Waals surface area contributed by atoms with E-state index in [4.69, 9.17) is 0 Å². The summed E-state index contributed by atoms with van der Waals surface area (Å²) < 4.78 is 0. The van der Waals surface area contributed by atoms with Crippen molar-refractivity contribution < 1.29 is 9.59 Å². The number of likely N-dealkylation sites (N-methyl/N-ethyl adjacent to an activating group) is 1. The lowest BCUT2D eigenvalue weighted by Crippen LogP contribution is -2.31. The van der Waals surface area contributed by atoms with E-state index in [1.807, 2.05) is 13.8 Å². The Hall–Kier alpha value is -2.35. The molecule has 0 unspecified atom stereocenters. The summed E-state index contributed by atoms with van der Waals surface area (Å²) in [5.41, 5.74) is 0.645. The molecule has 0 aromatic carbocycles. The normalized spacial score (nSPS) is 10.3. The Morgan fingerprint density at radius 1 is 1.23 bits per heavy atom. The van der Waals surface area contributed by atoms with Gasteiger partial charge in [-0.15, -0.1) is 11.3 Å². The average Bonchev–Trinajstić information content (AvgIpc) is 2.96. The molecule has 0 atom stereocenters. The van der Waals surface area contributed by atoms with Crippen molar-refractivity contribution in [2.45, 2.75) is 20.3 Å². The van der Waals surface area contributed by atoms with E-state index in [-0.39, 0.29) is 18.2 Å². The van der Waals surface area contributed by atoms with E-state index in [0.29, 0.717) is 23.9 Å². The second-order valence-corrected chi connectivity index (χ2v) is 5.27. The van der Waals surface area contributed by atoms with Crippen molar-refractivity contribution >= 4 is 28.3 Å². The van der Waals surface area contributed by atoms with Crippen LogP contribution in [0.15, 0.2) is 23.8 Å². The third-order valence-corrected chi connectivity index (χ3v) is 3.80. The largest absolute Gasteiger partial charge is 0.343 e. The molecule has 0 spiro atoms. The van der Waals surface area contributed by atoms with Gasteiger partial charge in [-0.2, -0.15) is 0 Å². The van der Waals surface area contributed by atoms with Crippen LogP contribution in [0, 0.1) is 0 Å². The molecule has 2 aromatic heterocycles. The minimum atomic E-state index is -0.420. The van der Waals surface area contributed by atoms with E-state index in [1.165, 1.54) is 23.7 Å². The van der Waals surface area contributed by atoms with E-state index in [9.17, 15) is 9.59 Å². The maximum atomic E-state index is 12.0. The molecule has 0 saturated heterocycles. The highest BCUT2D eigenvalue weighted by Crippen LogP contribution is 2.16. The van der Waals surface area contributed by atoms with Crippen molar-refractivity contribution in [2.75, 3.05) is 18.4 Å². The van der Waals surface area contributed by atoms with Gasteiger partial charge in [-0.05, 0) is 19.9 Å². The first kappa shape index (κ1) is 16.0. The zero-order valence-electron chi connectivity index (χ0n) is 12.4. The SMILES string of the molecule is CCN(CC)C(=O)Cc1csc(NC(=O)c2ncccn2)n1. The number of aromatic nitrogens is 3. The Morgan fingerprint density at radius 2 is 1.91 bits per heavy atom. The lowest BCUT2D eigenvalue weighted by atomic mass is 10.3. The van der Waals surface area contributed by atoms with Crippen molar-refractivity contribution in [3.63, 3.8) is 0 Å². The van der Waals surface area contributed by atoms with Crippen molar-refractivity contribution in [3.05, 3.63) is 35.4 Å². The predicted octanol–water partition coefficient (Wildman–Crippen LogP) is 1.60. The van der Waals surface area contributed by atoms with Gasteiger partial charge in [0.05, 0.1) is 12.1 Å². The third-order valence-electron chi connectivity index (χ3n) is 2.99. The molecule has 116 valence electrons. The molecular weight excluding hydrogens is 302 g/mol. The van der Waals surface area contributed by atoms with Crippen LogP contribution in [0.4, 0.5) is 5.13 Å². The number of nitrogens with one attached hydrogen (secondary N) is 1. The van der Waals surface area contributed by atoms with Gasteiger partial charge >= 0.3 is 0 Å². The van der Waals surface area contributed by atoms with Crippen LogP contribution in [0.2, 0.25) is 0 Å². The maximum Gasteiger partial charge on any atom is 0.295 e. The van der Waals surface area contributed by atoms with E-state index >= 15 is 0 Å². The summed E-state index contributed by atoms with van der Waals surface area (Å²) >= 11 is 1.27. The van der Waals surface area contributed by atoms with Crippen molar-refractivity contribution in [1.29, 1.82) is 0 Å². The van der Waals surface area contributed by atoms with Crippen LogP contribution in [-0.4, -0.2) is 44.8 Å². The number of thiazole rings is 1. The number of hydrogen-bond acceptors (Lipinski definition) is 6. The van der Waals surface area contributed by atoms with Gasteiger partial charge in [-0.25, -0.2) is 15.0 Å². The van der Waals surface area contributed by atoms with Crippen LogP contribution in [0.1, 0.15) is 30.2 Å². The lowest BCUT2D eigenvalue weighted by molar-refractivity contribution is -0.130. The number of carbonyl (C=O) groups is 2. The Balaban J connectivity index is 1.97. The van der Waals surface area contributed by atoms with E-state index in [1.54, 1.807) is 16.3 Å². The Kier molecular flexibility index (Phi) is 5.54. The van der Waals surface area contributed by atoms with Gasteiger partial charge in [0.1, 0.15) is 0 Å². The van der Waals surface area contributed by atoms with E-state index in [2.05, 4.69) is 20.3 Å². The number of rotatable bonds is 6. The molecule has 2 amide bonds. The highest BCUT2D eigenvalue weighted by Gasteiger charge is 2.14. The molecule has 1 N–H and O–H groups in total. The van der Waals surface area contributed by atoms with Gasteiger partial charge in [0.15, 0.2) is 5.13 Å². The molecule has 0 aliphatic rings. The fourth-order valence-corrected chi connectivity index (χ4v) is 2.56. The van der Waals surface area contributed by atoms with E-state index in [0.717, 1.165) is 0 Å². The molecular formula is C14H17N5O2S. The Morgan fingerprint density at radius 3 is 2.55 bits per heavy atom. The molecule has 7 nitrogen and oxygen atoms in total. The van der Waals surface area contributed by atoms with Crippen LogP contribution in [0.3, 0.4) is 0 Å². The van der Waals surface area contributed by atoms with Crippen LogP contribution >= 0.6 is 11.3 Å². The average molecular weight is 319 g/mol. The third kappa shape index (κ3) is 4.08. The number of carbonyl (C=O) groups excluding carboxylic acids is 2. The molecule has 22 heavy (non-hydrogen) atoms. The predicted molar refractivity (Wildman–Crippen MR) is 83.7 cm³/mol. The molecule has 0 aliphatic heterocycles. The maximum absolute atomic E-state index is 12.0. The zero-order valence-corrected chi connectivity index (χ0v) is 13.3. The second kappa shape index (κ2) is 7.60. The highest BCUT2D eigenvalue weighted by atomic mass is 32.1. The first-order valence-corrected chi connectivity index (χ1v) is 7.82. The summed E-state index contributed by atoms with van der Waals surface area (Å²) in [6, 6.07) is 1.64. The summed E-state index contributed by atoms with van der Waals surface area (Å²) in [6.07, 6.45) is 3.23. The van der Waals surface area contributed by atoms with Gasteiger partial charge in [-0.3, -0.25) is 14.9 Å². The summed E-state index contributed by atoms with van der Waals surface area (Å²) in [4.78, 5) is 37.6. The zero-order chi connectivity index (χ0) is 15.9. The molecule has 8 heteroatoms. The van der Waals surface area contributed by atoms with Crippen molar-refractivity contribution in [2.24, 2.45) is 0 Å². The number of anilines is 1. The topological polar surface area (TPSA) is 88.1 Å². The van der Waals surface area contributed by atoms with Gasteiger partial charge in [0, 0.05) is 30.9 Å². The van der Waals surface area contributed by atoms with Gasteiger partial charge in [0.2, 0.25) is 11.7 Å². The fraction of sp³-hybridized carbons (Fsp3) is 0.357. The summed E-state index contributed by atoms with van der Waals surface area (Å²) in [7, 11) is 0. The number of hydrogen-bond donors (Lipinski definition) is 1. The standard InChI is InChI=1S/C14H17N5O2S/c1-3-19(4-2)11(20)8-10-9-22-14(17-10)18-13(21)12-15-6-5-7-16-12/h5-7,9H,3-4,8H2,1-2H3,(H,17,18,21). The molecule has 2 heterocycles. The first-order valence-electron chi connectivity index (χ1n) is 6.94. The van der Waals surface area contributed by atoms with Gasteiger partial charge < -0.3 is 4.90 Å². The molecule has 0 fully saturated rings. The highest BCUT2D eigenvalue weighted by molar-refractivity contribution is 7.14. The van der Waals surface area contributed by atoms with Crippen molar-refractivity contribution in [3.8, 4) is 0 Å². The molecule has 0 radical (unpaired) electrons. The first-order chi connectivity index (χ1) is 10.6. The molecule has 2 aromatic rings. The minimum absolute atomic E-state index is 0.0274. The van der Waals surface area contributed by atoms with Crippen molar-refractivity contribution in [1.82, 2.24) is 19.9 Å². The Bertz CT molecular complexity index is 640. The van der Waals surface area contributed by atoms with Crippen LogP contribution in [0.5, 0.6) is 0 Å². The second-order valence-electron chi connectivity index (χ2n) is 4.41. The van der Waals surface area contributed by atoms with Gasteiger partial charge in [0.25, 0.3) is 5.91 Å². The minimum Gasteiger partial charge on any atom is -0.343 e.